The molecule has 0 radical (unpaired) electrons. The van der Waals surface area contributed by atoms with Gasteiger partial charge in [0.25, 0.3) is 0 Å². The second kappa shape index (κ2) is 15.4. The zero-order valence-electron chi connectivity index (χ0n) is 34.3. The van der Waals surface area contributed by atoms with Gasteiger partial charge in [-0.25, -0.2) is 0 Å². The first kappa shape index (κ1) is 47.0. The van der Waals surface area contributed by atoms with Gasteiger partial charge in [-0.1, -0.05) is 0 Å². The van der Waals surface area contributed by atoms with Gasteiger partial charge in [0, 0.05) is 0 Å². The molecule has 0 aromatic heterocycles. The average Bonchev–Trinajstić information content (AvgIpc) is 3.06. The molecule has 0 fully saturated rings. The third kappa shape index (κ3) is 8.20. The van der Waals surface area contributed by atoms with Gasteiger partial charge in [0.1, 0.15) is 0 Å². The Hall–Kier alpha value is -1.06. The van der Waals surface area contributed by atoms with Gasteiger partial charge >= 0.3 is 304 Å². The van der Waals surface area contributed by atoms with Crippen LogP contribution in [0.25, 0.3) is 0 Å². The van der Waals surface area contributed by atoms with Crippen molar-refractivity contribution in [3.63, 3.8) is 0 Å². The van der Waals surface area contributed by atoms with Crippen molar-refractivity contribution in [2.45, 2.75) is 150 Å². The third-order valence-electron chi connectivity index (χ3n) is 11.2. The number of rotatable bonds is 4. The fourth-order valence-corrected chi connectivity index (χ4v) is 16.5. The van der Waals surface area contributed by atoms with Crippen LogP contribution >= 0.6 is 0 Å². The molecule has 0 saturated carbocycles. The summed E-state index contributed by atoms with van der Waals surface area (Å²) >= 11 is 2.63. The van der Waals surface area contributed by atoms with E-state index in [2.05, 4.69) is 200 Å². The second-order valence-corrected chi connectivity index (χ2v) is 24.9. The SMILES string of the molecule is CC1=C(C)[C]([Ti+3])([Si](c2cc(C)cc(C)c2)(c2cc(C(C)(C)C)cc(C(C)(C)C)c2)c2cc(C(C)(C)C)cc(C(C)(C)C)c2)C(C)=C1C.[Cl-].[Cl-].[Cl-]. The Morgan fingerprint density at radius 1 is 0.400 bits per heavy atom. The summed E-state index contributed by atoms with van der Waals surface area (Å²) in [6.45, 7) is 42.9. The fourth-order valence-electron chi connectivity index (χ4n) is 7.73. The van der Waals surface area contributed by atoms with Crippen molar-refractivity contribution in [2.75, 3.05) is 0 Å². The molecule has 0 aliphatic heterocycles. The monoisotopic (exact) mass is 784 g/mol. The molecule has 0 saturated heterocycles. The van der Waals surface area contributed by atoms with Crippen LogP contribution in [0, 0.1) is 13.8 Å². The molecule has 0 bridgehead atoms. The number of hydrogen-bond donors (Lipinski definition) is 0. The van der Waals surface area contributed by atoms with Crippen LogP contribution in [0.1, 0.15) is 144 Å². The number of allylic oxidation sites excluding steroid dienone is 4. The van der Waals surface area contributed by atoms with Crippen LogP contribution < -0.4 is 52.8 Å². The van der Waals surface area contributed by atoms with Crippen LogP contribution in [0.15, 0.2) is 76.9 Å². The van der Waals surface area contributed by atoms with E-state index in [1.54, 1.807) is 0 Å². The Morgan fingerprint density at radius 2 is 0.640 bits per heavy atom. The molecule has 0 atom stereocenters. The van der Waals surface area contributed by atoms with E-state index in [1.165, 1.54) is 71.2 Å². The van der Waals surface area contributed by atoms with E-state index >= 15 is 0 Å². The number of halogens is 3. The summed E-state index contributed by atoms with van der Waals surface area (Å²) in [5, 5.41) is 4.60. The van der Waals surface area contributed by atoms with E-state index in [0.717, 1.165) is 0 Å². The molecular weight excluding hydrogens is 723 g/mol. The van der Waals surface area contributed by atoms with Gasteiger partial charge in [0.2, 0.25) is 0 Å². The number of hydrogen-bond acceptors (Lipinski definition) is 0. The summed E-state index contributed by atoms with van der Waals surface area (Å²) in [4.78, 5) is 0. The van der Waals surface area contributed by atoms with Gasteiger partial charge in [-0.3, -0.25) is 0 Å². The van der Waals surface area contributed by atoms with Crippen LogP contribution in [0.3, 0.4) is 0 Å². The molecule has 0 N–H and O–H groups in total. The van der Waals surface area contributed by atoms with E-state index in [9.17, 15) is 0 Å². The van der Waals surface area contributed by atoms with Gasteiger partial charge in [-0.05, 0) is 0 Å². The predicted octanol–water partition coefficient (Wildman–Crippen LogP) is 1.91. The van der Waals surface area contributed by atoms with E-state index < -0.39 is 8.07 Å². The molecule has 0 amide bonds. The number of benzene rings is 3. The molecular formula is C45H63Cl3SiTi. The first-order valence-corrected chi connectivity index (χ1v) is 20.5. The minimum atomic E-state index is -2.94. The topological polar surface area (TPSA) is 0 Å². The second-order valence-electron chi connectivity index (χ2n) is 19.0. The Labute approximate surface area is 338 Å². The quantitative estimate of drug-likeness (QED) is 0.281. The van der Waals surface area contributed by atoms with Crippen molar-refractivity contribution in [2.24, 2.45) is 0 Å². The standard InChI is InChI=1S/C45H63Si.3ClH.Ti/c1-28-19-29(2)21-38(20-28)46(41-32(5)30(3)31(4)33(41)6,39-24-34(42(7,8)9)22-35(25-39)43(10,11)12)40-26-36(44(13,14)15)23-37(27-40)45(16,17)18;;;;/h19-27H,1-18H3;3*1H;/q;;;;+3/p-3. The molecule has 1 aliphatic carbocycles. The molecule has 0 heterocycles. The molecule has 50 heavy (non-hydrogen) atoms. The summed E-state index contributed by atoms with van der Waals surface area (Å²) in [6.07, 6.45) is 0. The molecule has 272 valence electrons. The van der Waals surface area contributed by atoms with Crippen LogP contribution in [0.4, 0.5) is 0 Å². The van der Waals surface area contributed by atoms with Crippen molar-refractivity contribution >= 4 is 23.6 Å². The Balaban J connectivity index is 0.00000417. The molecule has 1 aliphatic rings. The molecule has 5 heteroatoms. The minimum Gasteiger partial charge on any atom is -1.00 e. The van der Waals surface area contributed by atoms with Crippen LogP contribution in [-0.4, -0.2) is 8.07 Å². The first-order valence-electron chi connectivity index (χ1n) is 17.7. The van der Waals surface area contributed by atoms with Gasteiger partial charge in [-0.15, -0.1) is 0 Å². The Morgan fingerprint density at radius 3 is 0.880 bits per heavy atom. The maximum absolute atomic E-state index is 2.94. The Bertz CT molecular complexity index is 1600. The van der Waals surface area contributed by atoms with Gasteiger partial charge in [0.05, 0.1) is 0 Å². The molecule has 0 nitrogen and oxygen atoms in total. The third-order valence-corrected chi connectivity index (χ3v) is 19.5. The van der Waals surface area contributed by atoms with Crippen LogP contribution in [-0.2, 0) is 42.1 Å². The molecule has 0 unspecified atom stereocenters. The summed E-state index contributed by atoms with van der Waals surface area (Å²) < 4.78 is -0.168. The predicted molar refractivity (Wildman–Crippen MR) is 208 cm³/mol. The van der Waals surface area contributed by atoms with Crippen LogP contribution in [0.2, 0.25) is 3.34 Å². The van der Waals surface area contributed by atoms with Gasteiger partial charge in [0.15, 0.2) is 0 Å². The minimum absolute atomic E-state index is 0. The average molecular weight is 786 g/mol. The van der Waals surface area contributed by atoms with Crippen molar-refractivity contribution in [3.05, 3.63) is 110 Å². The molecule has 3 aromatic carbocycles. The van der Waals surface area contributed by atoms with E-state index in [1.807, 2.05) is 0 Å². The first-order chi connectivity index (χ1) is 21.2. The largest absolute Gasteiger partial charge is 1.00 e. The van der Waals surface area contributed by atoms with Crippen molar-refractivity contribution < 1.29 is 57.7 Å². The summed E-state index contributed by atoms with van der Waals surface area (Å²) in [5.41, 5.74) is 14.5. The van der Waals surface area contributed by atoms with E-state index in [-0.39, 0.29) is 62.2 Å². The van der Waals surface area contributed by atoms with Crippen molar-refractivity contribution in [1.29, 1.82) is 0 Å². The molecule has 4 rings (SSSR count). The summed E-state index contributed by atoms with van der Waals surface area (Å²) in [7, 11) is -2.94. The smallest absolute Gasteiger partial charge is 1.00 e. The van der Waals surface area contributed by atoms with Gasteiger partial charge in [-0.2, -0.15) is 0 Å². The van der Waals surface area contributed by atoms with E-state index in [4.69, 9.17) is 0 Å². The number of aryl methyl sites for hydroxylation is 2. The zero-order chi connectivity index (χ0) is 35.9. The van der Waals surface area contributed by atoms with Crippen molar-refractivity contribution in [1.82, 2.24) is 0 Å². The summed E-state index contributed by atoms with van der Waals surface area (Å²) in [5.74, 6) is 0. The zero-order valence-corrected chi connectivity index (χ0v) is 39.2. The fraction of sp³-hybridized carbons (Fsp3) is 0.511. The summed E-state index contributed by atoms with van der Waals surface area (Å²) in [6, 6.07) is 23.1. The molecule has 3 aromatic rings. The van der Waals surface area contributed by atoms with E-state index in [0.29, 0.717) is 0 Å². The normalized spacial score (nSPS) is 15.4. The maximum atomic E-state index is 2.65. The molecule has 0 spiro atoms. The van der Waals surface area contributed by atoms with Crippen molar-refractivity contribution in [3.8, 4) is 0 Å². The Kier molecular flexibility index (Phi) is 14.4. The van der Waals surface area contributed by atoms with Gasteiger partial charge < -0.3 is 37.2 Å². The van der Waals surface area contributed by atoms with Crippen LogP contribution in [0.5, 0.6) is 0 Å². The maximum Gasteiger partial charge on any atom is -1.00 e.